The Bertz CT molecular complexity index is 936. The Morgan fingerprint density at radius 3 is 2.31 bits per heavy atom. The monoisotopic (exact) mass is 484 g/mol. The highest BCUT2D eigenvalue weighted by Crippen LogP contribution is 2.23. The molecule has 2 aromatic rings. The number of aryl methyl sites for hydroxylation is 2. The van der Waals surface area contributed by atoms with Crippen molar-refractivity contribution in [1.82, 2.24) is 9.21 Å². The largest absolute Gasteiger partial charge is 0.336 e. The van der Waals surface area contributed by atoms with Crippen LogP contribution < -0.4 is 0 Å². The Balaban J connectivity index is 1.75. The predicted octanol–water partition coefficient (Wildman–Crippen LogP) is 3.05. The van der Waals surface area contributed by atoms with E-state index in [1.807, 2.05) is 50.2 Å². The Hall–Kier alpha value is -1.45. The Morgan fingerprint density at radius 2 is 1.65 bits per heavy atom. The van der Waals surface area contributed by atoms with E-state index >= 15 is 0 Å². The van der Waals surface area contributed by atoms with Gasteiger partial charge in [-0.25, -0.2) is 8.42 Å². The molecule has 1 fully saturated rings. The van der Waals surface area contributed by atoms with Crippen molar-refractivity contribution in [3.8, 4) is 0 Å². The van der Waals surface area contributed by atoms with E-state index in [0.29, 0.717) is 36.6 Å². The first kappa shape index (κ1) is 19.3. The van der Waals surface area contributed by atoms with Gasteiger partial charge in [-0.2, -0.15) is 4.31 Å². The first-order valence-electron chi connectivity index (χ1n) is 8.42. The molecule has 0 radical (unpaired) electrons. The highest BCUT2D eigenvalue weighted by molar-refractivity contribution is 14.1. The van der Waals surface area contributed by atoms with Crippen LogP contribution in [0.3, 0.4) is 0 Å². The molecule has 1 heterocycles. The fraction of sp³-hybridized carbons (Fsp3) is 0.316. The number of nitrogens with zero attached hydrogens (tertiary/aromatic N) is 2. The average Bonchev–Trinajstić information content (AvgIpc) is 2.63. The molecule has 0 aliphatic carbocycles. The molecule has 2 aromatic carbocycles. The van der Waals surface area contributed by atoms with Crippen LogP contribution >= 0.6 is 22.6 Å². The number of amides is 1. The molecule has 3 rings (SSSR count). The van der Waals surface area contributed by atoms with Gasteiger partial charge in [0.2, 0.25) is 10.0 Å². The van der Waals surface area contributed by atoms with Gasteiger partial charge in [0.15, 0.2) is 0 Å². The number of piperazine rings is 1. The standard InChI is InChI=1S/C19H21IN2O3S/c1-14-7-8-15(2)18(13-14)26(24,25)22-11-9-21(10-12-22)19(23)16-5-3-4-6-17(16)20/h3-8,13H,9-12H2,1-2H3. The lowest BCUT2D eigenvalue weighted by molar-refractivity contribution is 0.0697. The van der Waals surface area contributed by atoms with Gasteiger partial charge in [-0.05, 0) is 65.8 Å². The smallest absolute Gasteiger partial charge is 0.255 e. The number of carbonyl (C=O) groups excluding carboxylic acids is 1. The van der Waals surface area contributed by atoms with Crippen LogP contribution in [0.2, 0.25) is 0 Å². The summed E-state index contributed by atoms with van der Waals surface area (Å²) in [6.07, 6.45) is 0. The minimum atomic E-state index is -3.54. The van der Waals surface area contributed by atoms with Crippen molar-refractivity contribution in [3.05, 3.63) is 62.7 Å². The molecule has 0 bridgehead atoms. The molecule has 1 saturated heterocycles. The summed E-state index contributed by atoms with van der Waals surface area (Å²) in [5.74, 6) is -0.0428. The predicted molar refractivity (Wildman–Crippen MR) is 110 cm³/mol. The molecular weight excluding hydrogens is 463 g/mol. The van der Waals surface area contributed by atoms with Crippen molar-refractivity contribution in [2.24, 2.45) is 0 Å². The van der Waals surface area contributed by atoms with Crippen molar-refractivity contribution in [2.45, 2.75) is 18.7 Å². The maximum atomic E-state index is 13.0. The first-order chi connectivity index (χ1) is 12.3. The number of halogens is 1. The normalized spacial score (nSPS) is 15.9. The van der Waals surface area contributed by atoms with E-state index in [1.165, 1.54) is 4.31 Å². The minimum absolute atomic E-state index is 0.0428. The van der Waals surface area contributed by atoms with Crippen LogP contribution in [0.15, 0.2) is 47.4 Å². The molecule has 0 unspecified atom stereocenters. The number of hydrogen-bond donors (Lipinski definition) is 0. The number of sulfonamides is 1. The molecule has 26 heavy (non-hydrogen) atoms. The van der Waals surface area contributed by atoms with Crippen LogP contribution in [-0.2, 0) is 10.0 Å². The Labute approximate surface area is 168 Å². The van der Waals surface area contributed by atoms with Crippen molar-refractivity contribution in [2.75, 3.05) is 26.2 Å². The lowest BCUT2D eigenvalue weighted by Gasteiger charge is -2.34. The van der Waals surface area contributed by atoms with Crippen LogP contribution in [-0.4, -0.2) is 49.7 Å². The maximum absolute atomic E-state index is 13.0. The highest BCUT2D eigenvalue weighted by atomic mass is 127. The van der Waals surface area contributed by atoms with Crippen molar-refractivity contribution >= 4 is 38.5 Å². The molecular formula is C19H21IN2O3S. The molecule has 0 aromatic heterocycles. The molecule has 138 valence electrons. The molecule has 1 aliphatic rings. The second kappa shape index (κ2) is 7.66. The van der Waals surface area contributed by atoms with Gasteiger partial charge in [0.25, 0.3) is 5.91 Å². The third-order valence-electron chi connectivity index (χ3n) is 4.59. The van der Waals surface area contributed by atoms with Crippen molar-refractivity contribution in [3.63, 3.8) is 0 Å². The van der Waals surface area contributed by atoms with E-state index in [4.69, 9.17) is 0 Å². The lowest BCUT2D eigenvalue weighted by Crippen LogP contribution is -2.50. The van der Waals surface area contributed by atoms with Crippen LogP contribution in [0.5, 0.6) is 0 Å². The van der Waals surface area contributed by atoms with E-state index in [9.17, 15) is 13.2 Å². The molecule has 1 amide bonds. The van der Waals surface area contributed by atoms with Gasteiger partial charge in [0, 0.05) is 29.7 Å². The van der Waals surface area contributed by atoms with Crippen molar-refractivity contribution in [1.29, 1.82) is 0 Å². The van der Waals surface area contributed by atoms with Gasteiger partial charge >= 0.3 is 0 Å². The third kappa shape index (κ3) is 3.79. The first-order valence-corrected chi connectivity index (χ1v) is 10.9. The Morgan fingerprint density at radius 1 is 1.00 bits per heavy atom. The fourth-order valence-electron chi connectivity index (χ4n) is 3.06. The summed E-state index contributed by atoms with van der Waals surface area (Å²) in [5.41, 5.74) is 2.33. The quantitative estimate of drug-likeness (QED) is 0.630. The third-order valence-corrected chi connectivity index (χ3v) is 7.57. The summed E-state index contributed by atoms with van der Waals surface area (Å²) in [6.45, 7) is 5.11. The second-order valence-electron chi connectivity index (χ2n) is 6.45. The van der Waals surface area contributed by atoms with Gasteiger partial charge in [-0.3, -0.25) is 4.79 Å². The van der Waals surface area contributed by atoms with E-state index in [-0.39, 0.29) is 5.91 Å². The van der Waals surface area contributed by atoms with Crippen LogP contribution in [0.1, 0.15) is 21.5 Å². The van der Waals surface area contributed by atoms with Gasteiger partial charge in [0.05, 0.1) is 10.5 Å². The number of rotatable bonds is 3. The van der Waals surface area contributed by atoms with Crippen molar-refractivity contribution < 1.29 is 13.2 Å². The lowest BCUT2D eigenvalue weighted by atomic mass is 10.2. The van der Waals surface area contributed by atoms with E-state index in [2.05, 4.69) is 22.6 Å². The molecule has 1 aliphatic heterocycles. The van der Waals surface area contributed by atoms with E-state index in [0.717, 1.165) is 14.7 Å². The summed E-state index contributed by atoms with van der Waals surface area (Å²) < 4.78 is 28.3. The zero-order chi connectivity index (χ0) is 18.9. The van der Waals surface area contributed by atoms with E-state index < -0.39 is 10.0 Å². The number of benzene rings is 2. The molecule has 5 nitrogen and oxygen atoms in total. The summed E-state index contributed by atoms with van der Waals surface area (Å²) in [5, 5.41) is 0. The summed E-state index contributed by atoms with van der Waals surface area (Å²) >= 11 is 2.15. The zero-order valence-corrected chi connectivity index (χ0v) is 17.7. The Kier molecular flexibility index (Phi) is 5.69. The molecule has 0 atom stereocenters. The topological polar surface area (TPSA) is 57.7 Å². The fourth-order valence-corrected chi connectivity index (χ4v) is 5.41. The van der Waals surface area contributed by atoms with Crippen LogP contribution in [0, 0.1) is 17.4 Å². The van der Waals surface area contributed by atoms with Gasteiger partial charge in [0.1, 0.15) is 0 Å². The molecule has 0 saturated carbocycles. The van der Waals surface area contributed by atoms with Gasteiger partial charge in [-0.1, -0.05) is 24.3 Å². The SMILES string of the molecule is Cc1ccc(C)c(S(=O)(=O)N2CCN(C(=O)c3ccccc3I)CC2)c1. The molecule has 0 N–H and O–H groups in total. The van der Waals surface area contributed by atoms with Crippen LogP contribution in [0.25, 0.3) is 0 Å². The highest BCUT2D eigenvalue weighted by Gasteiger charge is 2.31. The summed E-state index contributed by atoms with van der Waals surface area (Å²) in [4.78, 5) is 14.8. The number of hydrogen-bond acceptors (Lipinski definition) is 3. The second-order valence-corrected chi connectivity index (χ2v) is 9.51. The molecule has 0 spiro atoms. The van der Waals surface area contributed by atoms with Crippen LogP contribution in [0.4, 0.5) is 0 Å². The zero-order valence-electron chi connectivity index (χ0n) is 14.8. The van der Waals surface area contributed by atoms with E-state index in [1.54, 1.807) is 11.0 Å². The van der Waals surface area contributed by atoms with Gasteiger partial charge in [-0.15, -0.1) is 0 Å². The van der Waals surface area contributed by atoms with Gasteiger partial charge < -0.3 is 4.90 Å². The minimum Gasteiger partial charge on any atom is -0.336 e. The average molecular weight is 484 g/mol. The summed E-state index contributed by atoms with van der Waals surface area (Å²) in [6, 6.07) is 12.9. The maximum Gasteiger partial charge on any atom is 0.255 e. The summed E-state index contributed by atoms with van der Waals surface area (Å²) in [7, 11) is -3.54. The molecule has 7 heteroatoms. The number of carbonyl (C=O) groups is 1.